The number of hydrogen-bond acceptors (Lipinski definition) is 2. The standard InChI is InChI=1S/C16H24N2O/c1-2-3-4-5-13-6-8-14(9-7-13)18-15(19)16(12-17)10-11-16/h6-9H,2-5,10-12,17H2,1H3,(H,18,19). The minimum atomic E-state index is -0.278. The van der Waals surface area contributed by atoms with Crippen LogP contribution in [0.15, 0.2) is 24.3 Å². The third kappa shape index (κ3) is 3.57. The van der Waals surface area contributed by atoms with Crippen molar-refractivity contribution >= 4 is 11.6 Å². The average Bonchev–Trinajstić information content (AvgIpc) is 3.22. The number of nitrogens with one attached hydrogen (secondary N) is 1. The van der Waals surface area contributed by atoms with Crippen LogP contribution in [0.3, 0.4) is 0 Å². The van der Waals surface area contributed by atoms with Crippen molar-refractivity contribution in [2.45, 2.75) is 45.4 Å². The number of amides is 1. The van der Waals surface area contributed by atoms with Crippen LogP contribution >= 0.6 is 0 Å². The molecular weight excluding hydrogens is 236 g/mol. The highest BCUT2D eigenvalue weighted by molar-refractivity contribution is 5.97. The Morgan fingerprint density at radius 1 is 1.26 bits per heavy atom. The Morgan fingerprint density at radius 3 is 2.47 bits per heavy atom. The van der Waals surface area contributed by atoms with Crippen LogP contribution in [-0.2, 0) is 11.2 Å². The van der Waals surface area contributed by atoms with Crippen molar-refractivity contribution in [1.29, 1.82) is 0 Å². The molecule has 0 heterocycles. The molecule has 0 radical (unpaired) electrons. The van der Waals surface area contributed by atoms with Crippen LogP contribution < -0.4 is 11.1 Å². The molecule has 104 valence electrons. The summed E-state index contributed by atoms with van der Waals surface area (Å²) in [5.41, 5.74) is 7.59. The Bertz CT molecular complexity index is 421. The van der Waals surface area contributed by atoms with Gasteiger partial charge in [-0.15, -0.1) is 0 Å². The second-order valence-electron chi connectivity index (χ2n) is 5.59. The van der Waals surface area contributed by atoms with E-state index < -0.39 is 0 Å². The predicted octanol–water partition coefficient (Wildman–Crippen LogP) is 3.10. The Balaban J connectivity index is 1.86. The maximum Gasteiger partial charge on any atom is 0.231 e. The van der Waals surface area contributed by atoms with Gasteiger partial charge in [-0.2, -0.15) is 0 Å². The van der Waals surface area contributed by atoms with E-state index in [0.717, 1.165) is 24.9 Å². The Labute approximate surface area is 115 Å². The van der Waals surface area contributed by atoms with Crippen molar-refractivity contribution in [1.82, 2.24) is 0 Å². The Kier molecular flexibility index (Phi) is 4.59. The lowest BCUT2D eigenvalue weighted by Gasteiger charge is -2.13. The van der Waals surface area contributed by atoms with Gasteiger partial charge in [0.15, 0.2) is 0 Å². The molecule has 0 unspecified atom stereocenters. The van der Waals surface area contributed by atoms with Gasteiger partial charge in [0.05, 0.1) is 5.41 Å². The van der Waals surface area contributed by atoms with Gasteiger partial charge in [-0.3, -0.25) is 4.79 Å². The number of carbonyl (C=O) groups excluding carboxylic acids is 1. The molecule has 2 rings (SSSR count). The first-order valence-electron chi connectivity index (χ1n) is 7.31. The number of benzene rings is 1. The zero-order valence-electron chi connectivity index (χ0n) is 11.7. The van der Waals surface area contributed by atoms with Gasteiger partial charge >= 0.3 is 0 Å². The number of unbranched alkanes of at least 4 members (excludes halogenated alkanes) is 2. The summed E-state index contributed by atoms with van der Waals surface area (Å²) in [6, 6.07) is 8.19. The molecule has 0 aromatic heterocycles. The fourth-order valence-electron chi connectivity index (χ4n) is 2.27. The number of nitrogens with two attached hydrogens (primary N) is 1. The van der Waals surface area contributed by atoms with Crippen LogP contribution in [0.4, 0.5) is 5.69 Å². The van der Waals surface area contributed by atoms with E-state index in [0.29, 0.717) is 6.54 Å². The molecular formula is C16H24N2O. The molecule has 1 saturated carbocycles. The van der Waals surface area contributed by atoms with Crippen LogP contribution in [0.5, 0.6) is 0 Å². The highest BCUT2D eigenvalue weighted by Gasteiger charge is 2.48. The number of aryl methyl sites for hydroxylation is 1. The lowest BCUT2D eigenvalue weighted by atomic mass is 10.1. The molecule has 0 aliphatic heterocycles. The monoisotopic (exact) mass is 260 g/mol. The highest BCUT2D eigenvalue weighted by atomic mass is 16.2. The minimum Gasteiger partial charge on any atom is -0.329 e. The Hall–Kier alpha value is -1.35. The van der Waals surface area contributed by atoms with Gasteiger partial charge in [-0.25, -0.2) is 0 Å². The maximum atomic E-state index is 12.0. The number of hydrogen-bond donors (Lipinski definition) is 2. The first-order chi connectivity index (χ1) is 9.20. The van der Waals surface area contributed by atoms with E-state index in [2.05, 4.69) is 24.4 Å². The maximum absolute atomic E-state index is 12.0. The summed E-state index contributed by atoms with van der Waals surface area (Å²) >= 11 is 0. The summed E-state index contributed by atoms with van der Waals surface area (Å²) < 4.78 is 0. The third-order valence-electron chi connectivity index (χ3n) is 4.01. The summed E-state index contributed by atoms with van der Waals surface area (Å²) in [6.45, 7) is 2.66. The molecule has 3 heteroatoms. The van der Waals surface area contributed by atoms with E-state index in [4.69, 9.17) is 5.73 Å². The molecule has 0 atom stereocenters. The van der Waals surface area contributed by atoms with Crippen LogP contribution in [0.2, 0.25) is 0 Å². The normalized spacial score (nSPS) is 16.1. The summed E-state index contributed by atoms with van der Waals surface area (Å²) in [5, 5.41) is 2.97. The van der Waals surface area contributed by atoms with Gasteiger partial charge < -0.3 is 11.1 Å². The summed E-state index contributed by atoms with van der Waals surface area (Å²) in [7, 11) is 0. The summed E-state index contributed by atoms with van der Waals surface area (Å²) in [4.78, 5) is 12.0. The molecule has 1 aromatic carbocycles. The van der Waals surface area contributed by atoms with Crippen molar-refractivity contribution < 1.29 is 4.79 Å². The fourth-order valence-corrected chi connectivity index (χ4v) is 2.27. The third-order valence-corrected chi connectivity index (χ3v) is 4.01. The van der Waals surface area contributed by atoms with Crippen LogP contribution in [-0.4, -0.2) is 12.5 Å². The quantitative estimate of drug-likeness (QED) is 0.740. The number of anilines is 1. The minimum absolute atomic E-state index is 0.0775. The SMILES string of the molecule is CCCCCc1ccc(NC(=O)C2(CN)CC2)cc1. The van der Waals surface area contributed by atoms with Gasteiger partial charge in [0, 0.05) is 12.2 Å². The van der Waals surface area contributed by atoms with E-state index in [1.165, 1.54) is 24.8 Å². The van der Waals surface area contributed by atoms with Crippen molar-refractivity contribution in [2.24, 2.45) is 11.1 Å². The van der Waals surface area contributed by atoms with E-state index in [-0.39, 0.29) is 11.3 Å². The first-order valence-corrected chi connectivity index (χ1v) is 7.31. The summed E-state index contributed by atoms with van der Waals surface area (Å²) in [5.74, 6) is 0.0775. The van der Waals surface area contributed by atoms with Gasteiger partial charge in [0.1, 0.15) is 0 Å². The van der Waals surface area contributed by atoms with Gasteiger partial charge in [0.2, 0.25) is 5.91 Å². The zero-order valence-corrected chi connectivity index (χ0v) is 11.7. The van der Waals surface area contributed by atoms with Crippen molar-refractivity contribution in [3.63, 3.8) is 0 Å². The fraction of sp³-hybridized carbons (Fsp3) is 0.562. The molecule has 0 bridgehead atoms. The molecule has 1 aliphatic rings. The molecule has 19 heavy (non-hydrogen) atoms. The van der Waals surface area contributed by atoms with Crippen LogP contribution in [0.1, 0.15) is 44.6 Å². The zero-order chi connectivity index (χ0) is 13.7. The van der Waals surface area contributed by atoms with Gasteiger partial charge in [-0.1, -0.05) is 31.9 Å². The lowest BCUT2D eigenvalue weighted by molar-refractivity contribution is -0.120. The predicted molar refractivity (Wildman–Crippen MR) is 79.0 cm³/mol. The largest absolute Gasteiger partial charge is 0.329 e. The molecule has 1 fully saturated rings. The number of rotatable bonds is 7. The smallest absolute Gasteiger partial charge is 0.231 e. The molecule has 1 aliphatic carbocycles. The van der Waals surface area contributed by atoms with E-state index in [9.17, 15) is 4.79 Å². The molecule has 0 spiro atoms. The van der Waals surface area contributed by atoms with E-state index >= 15 is 0 Å². The molecule has 3 N–H and O–H groups in total. The van der Waals surface area contributed by atoms with Crippen LogP contribution in [0, 0.1) is 5.41 Å². The van der Waals surface area contributed by atoms with Gasteiger partial charge in [0.25, 0.3) is 0 Å². The van der Waals surface area contributed by atoms with Crippen LogP contribution in [0.25, 0.3) is 0 Å². The average molecular weight is 260 g/mol. The van der Waals surface area contributed by atoms with Crippen molar-refractivity contribution in [3.05, 3.63) is 29.8 Å². The van der Waals surface area contributed by atoms with Crippen molar-refractivity contribution in [2.75, 3.05) is 11.9 Å². The topological polar surface area (TPSA) is 55.1 Å². The molecule has 1 aromatic rings. The van der Waals surface area contributed by atoms with Crippen molar-refractivity contribution in [3.8, 4) is 0 Å². The molecule has 1 amide bonds. The number of carbonyl (C=O) groups is 1. The lowest BCUT2D eigenvalue weighted by Crippen LogP contribution is -2.30. The summed E-state index contributed by atoms with van der Waals surface area (Å²) in [6.07, 6.45) is 6.72. The highest BCUT2D eigenvalue weighted by Crippen LogP contribution is 2.45. The van der Waals surface area contributed by atoms with Gasteiger partial charge in [-0.05, 0) is 43.4 Å². The van der Waals surface area contributed by atoms with E-state index in [1.54, 1.807) is 0 Å². The first kappa shape index (κ1) is 14.1. The molecule has 3 nitrogen and oxygen atoms in total. The Morgan fingerprint density at radius 2 is 1.95 bits per heavy atom. The second kappa shape index (κ2) is 6.20. The second-order valence-corrected chi connectivity index (χ2v) is 5.59. The molecule has 0 saturated heterocycles. The van der Waals surface area contributed by atoms with E-state index in [1.807, 2.05) is 12.1 Å².